The number of esters is 1. The topological polar surface area (TPSA) is 207 Å². The van der Waals surface area contributed by atoms with E-state index in [2.05, 4.69) is 50.0 Å². The molecule has 0 spiro atoms. The molecule has 0 bridgehead atoms. The van der Waals surface area contributed by atoms with Gasteiger partial charge in [-0.1, -0.05) is 12.2 Å². The van der Waals surface area contributed by atoms with Gasteiger partial charge in [0, 0.05) is 61.1 Å². The molecule has 4 aliphatic rings. The van der Waals surface area contributed by atoms with E-state index in [1.54, 1.807) is 13.0 Å². The molecule has 4 aromatic rings. The summed E-state index contributed by atoms with van der Waals surface area (Å²) in [5.74, 6) is 1.22. The molecule has 5 unspecified atom stereocenters. The lowest BCUT2D eigenvalue weighted by molar-refractivity contribution is -0.167. The molecule has 7 heterocycles. The molecule has 0 saturated carbocycles. The molecule has 1 aromatic carbocycles. The van der Waals surface area contributed by atoms with Crippen LogP contribution in [-0.2, 0) is 27.2 Å². The van der Waals surface area contributed by atoms with Crippen LogP contribution in [0.15, 0.2) is 93.1 Å². The van der Waals surface area contributed by atoms with Crippen LogP contribution >= 0.6 is 0 Å². The SMILES string of the molecule is CNCCC1(C(=O)OC2Cc3c(cc4oc(C)cc(=O)c4c3O)OC2(C)C)OC1CCC1=CC(C2=CC(Cn3cc4cc[nH]c4c3)NC(N)=C2)NC(N)=C1. The molecular weight excluding hydrogens is 690 g/mol. The number of phenols is 1. The van der Waals surface area contributed by atoms with Crippen molar-refractivity contribution in [1.82, 2.24) is 25.5 Å². The van der Waals surface area contributed by atoms with Crippen molar-refractivity contribution in [3.63, 3.8) is 0 Å². The molecule has 0 aliphatic carbocycles. The van der Waals surface area contributed by atoms with Gasteiger partial charge in [0.2, 0.25) is 0 Å². The maximum Gasteiger partial charge on any atom is 0.341 e. The molecule has 14 heteroatoms. The molecule has 14 nitrogen and oxygen atoms in total. The van der Waals surface area contributed by atoms with E-state index in [9.17, 15) is 14.7 Å². The number of nitrogens with two attached hydrogens (primary N) is 2. The quantitative estimate of drug-likeness (QED) is 0.0874. The number of aryl methyl sites for hydroxylation is 1. The number of fused-ring (bicyclic) bond motifs is 3. The normalized spacial score (nSPS) is 25.7. The Labute approximate surface area is 311 Å². The molecular formula is C40H47N7O7. The monoisotopic (exact) mass is 737 g/mol. The number of carbonyl (C=O) groups is 1. The molecule has 4 aliphatic heterocycles. The van der Waals surface area contributed by atoms with Gasteiger partial charge in [0.1, 0.15) is 39.9 Å². The molecule has 54 heavy (non-hydrogen) atoms. The smallest absolute Gasteiger partial charge is 0.341 e. The summed E-state index contributed by atoms with van der Waals surface area (Å²) in [4.78, 5) is 30.0. The average molecular weight is 738 g/mol. The number of aromatic amines is 1. The number of dihydropyridines is 2. The molecule has 0 amide bonds. The summed E-state index contributed by atoms with van der Waals surface area (Å²) >= 11 is 0. The second-order valence-corrected chi connectivity index (χ2v) is 15.3. The van der Waals surface area contributed by atoms with E-state index < -0.39 is 23.3 Å². The predicted molar refractivity (Wildman–Crippen MR) is 203 cm³/mol. The number of hydrogen-bond acceptors (Lipinski definition) is 12. The summed E-state index contributed by atoms with van der Waals surface area (Å²) in [5, 5.41) is 22.3. The Morgan fingerprint density at radius 1 is 1.15 bits per heavy atom. The molecule has 9 N–H and O–H groups in total. The maximum atomic E-state index is 14.0. The number of carbonyl (C=O) groups excluding carboxylic acids is 1. The predicted octanol–water partition coefficient (Wildman–Crippen LogP) is 3.34. The number of aromatic hydroxyl groups is 1. The Bertz CT molecular complexity index is 2300. The van der Waals surface area contributed by atoms with Gasteiger partial charge in [0.25, 0.3) is 0 Å². The van der Waals surface area contributed by atoms with Crippen LogP contribution in [0.5, 0.6) is 11.5 Å². The van der Waals surface area contributed by atoms with Crippen molar-refractivity contribution in [3.05, 3.63) is 105 Å². The highest BCUT2D eigenvalue weighted by Gasteiger charge is 2.63. The van der Waals surface area contributed by atoms with E-state index in [1.807, 2.05) is 45.3 Å². The zero-order valence-electron chi connectivity index (χ0n) is 30.8. The molecule has 1 fully saturated rings. The number of H-pyrrole nitrogens is 1. The second-order valence-electron chi connectivity index (χ2n) is 15.3. The van der Waals surface area contributed by atoms with E-state index in [4.69, 9.17) is 30.1 Å². The number of hydrogen-bond donors (Lipinski definition) is 7. The Morgan fingerprint density at radius 2 is 1.96 bits per heavy atom. The summed E-state index contributed by atoms with van der Waals surface area (Å²) in [6, 6.07) is 4.79. The van der Waals surface area contributed by atoms with E-state index in [-0.39, 0.29) is 46.8 Å². The van der Waals surface area contributed by atoms with E-state index in [0.717, 1.165) is 22.0 Å². The van der Waals surface area contributed by atoms with Crippen LogP contribution in [0.25, 0.3) is 21.9 Å². The zero-order chi connectivity index (χ0) is 37.9. The molecule has 1 saturated heterocycles. The van der Waals surface area contributed by atoms with Gasteiger partial charge in [-0.25, -0.2) is 4.79 Å². The number of phenolic OH excluding ortho intramolecular Hbond substituents is 1. The van der Waals surface area contributed by atoms with Gasteiger partial charge in [0.05, 0.1) is 35.3 Å². The standard InChI is InChI=1S/C40H47N7O7/c1-21-11-29(48)36-31(51-21)17-30-26(37(36)49)16-33(39(2,3)53-30)52-38(50)40(8-10-43-4)32(54-40)6-5-22-12-27(46-34(41)13-22)24-14-25(45-35(42)15-24)19-47-18-23-7-9-44-28(23)20-47/h7,9,11-15,17-18,20,25,27,32-33,43-46,49H,5-6,8,10,16,19,41-42H2,1-4H3. The van der Waals surface area contributed by atoms with Crippen LogP contribution in [0.1, 0.15) is 44.4 Å². The first-order valence-corrected chi connectivity index (χ1v) is 18.4. The van der Waals surface area contributed by atoms with Crippen LogP contribution in [0.2, 0.25) is 0 Å². The zero-order valence-corrected chi connectivity index (χ0v) is 30.8. The number of ether oxygens (including phenoxy) is 3. The number of nitrogens with one attached hydrogen (secondary N) is 4. The Hall–Kier alpha value is -5.60. The van der Waals surface area contributed by atoms with Crippen LogP contribution in [0.3, 0.4) is 0 Å². The highest BCUT2D eigenvalue weighted by molar-refractivity contribution is 5.87. The highest BCUT2D eigenvalue weighted by Crippen LogP contribution is 2.47. The number of aromatic nitrogens is 2. The van der Waals surface area contributed by atoms with Crippen molar-refractivity contribution >= 4 is 27.8 Å². The largest absolute Gasteiger partial charge is 0.507 e. The first-order valence-electron chi connectivity index (χ1n) is 18.4. The molecule has 0 radical (unpaired) electrons. The van der Waals surface area contributed by atoms with Gasteiger partial charge in [-0.2, -0.15) is 0 Å². The van der Waals surface area contributed by atoms with Gasteiger partial charge < -0.3 is 60.7 Å². The van der Waals surface area contributed by atoms with Gasteiger partial charge in [-0.3, -0.25) is 4.79 Å². The Morgan fingerprint density at radius 3 is 2.76 bits per heavy atom. The summed E-state index contributed by atoms with van der Waals surface area (Å²) < 4.78 is 26.6. The minimum atomic E-state index is -1.14. The van der Waals surface area contributed by atoms with E-state index >= 15 is 0 Å². The number of nitrogens with zero attached hydrogens (tertiary/aromatic N) is 1. The van der Waals surface area contributed by atoms with Crippen molar-refractivity contribution < 1.29 is 28.5 Å². The molecule has 284 valence electrons. The number of allylic oxidation sites excluding steroid dienone is 2. The van der Waals surface area contributed by atoms with E-state index in [0.29, 0.717) is 61.1 Å². The maximum absolute atomic E-state index is 14.0. The number of epoxide rings is 1. The summed E-state index contributed by atoms with van der Waals surface area (Å²) in [5.41, 5.74) is 14.0. The van der Waals surface area contributed by atoms with Crippen LogP contribution in [0.4, 0.5) is 0 Å². The lowest BCUT2D eigenvalue weighted by Gasteiger charge is -2.39. The third kappa shape index (κ3) is 6.60. The first-order chi connectivity index (χ1) is 25.8. The van der Waals surface area contributed by atoms with Crippen molar-refractivity contribution in [2.45, 2.75) is 88.5 Å². The fourth-order valence-corrected chi connectivity index (χ4v) is 7.99. The number of benzene rings is 1. The van der Waals surface area contributed by atoms with Crippen molar-refractivity contribution in [2.75, 3.05) is 13.6 Å². The van der Waals surface area contributed by atoms with Gasteiger partial charge in [0.15, 0.2) is 11.0 Å². The van der Waals surface area contributed by atoms with Gasteiger partial charge >= 0.3 is 5.97 Å². The van der Waals surface area contributed by atoms with Crippen molar-refractivity contribution in [2.24, 2.45) is 11.5 Å². The Kier molecular flexibility index (Phi) is 8.77. The van der Waals surface area contributed by atoms with Gasteiger partial charge in [-0.05, 0) is 76.6 Å². The van der Waals surface area contributed by atoms with Gasteiger partial charge in [-0.15, -0.1) is 0 Å². The number of rotatable bonds is 11. The first kappa shape index (κ1) is 35.4. The fraction of sp³-hybridized carbons (Fsp3) is 0.400. The third-order valence-corrected chi connectivity index (χ3v) is 10.9. The summed E-state index contributed by atoms with van der Waals surface area (Å²) in [6.07, 6.45) is 14.9. The second kappa shape index (κ2) is 13.4. The molecule has 5 atom stereocenters. The van der Waals surface area contributed by atoms with Crippen LogP contribution < -0.4 is 37.6 Å². The third-order valence-electron chi connectivity index (χ3n) is 10.9. The lowest BCUT2D eigenvalue weighted by atomic mass is 9.89. The Balaban J connectivity index is 0.956. The molecule has 3 aromatic heterocycles. The van der Waals surface area contributed by atoms with Crippen molar-refractivity contribution in [3.8, 4) is 11.5 Å². The van der Waals surface area contributed by atoms with E-state index in [1.165, 1.54) is 6.07 Å². The average Bonchev–Trinajstić information content (AvgIpc) is 3.42. The lowest BCUT2D eigenvalue weighted by Crippen LogP contribution is -2.50. The van der Waals surface area contributed by atoms with Crippen LogP contribution in [0, 0.1) is 6.92 Å². The van der Waals surface area contributed by atoms with Crippen molar-refractivity contribution in [1.29, 1.82) is 0 Å². The van der Waals surface area contributed by atoms with Crippen LogP contribution in [-0.4, -0.2) is 69.7 Å². The summed E-state index contributed by atoms with van der Waals surface area (Å²) in [6.45, 7) is 6.56. The fourth-order valence-electron chi connectivity index (χ4n) is 7.99. The molecule has 8 rings (SSSR count). The minimum absolute atomic E-state index is 0.0220. The highest BCUT2D eigenvalue weighted by atomic mass is 16.7. The minimum Gasteiger partial charge on any atom is -0.507 e. The summed E-state index contributed by atoms with van der Waals surface area (Å²) in [7, 11) is 1.82.